The molecular formula is C12H18F3N3. The first kappa shape index (κ1) is 13.2. The molecule has 0 atom stereocenters. The van der Waals surface area contributed by atoms with E-state index in [0.717, 1.165) is 11.3 Å². The van der Waals surface area contributed by atoms with Crippen molar-refractivity contribution in [1.29, 1.82) is 0 Å². The van der Waals surface area contributed by atoms with E-state index < -0.39 is 12.1 Å². The largest absolute Gasteiger partial charge is 0.391 e. The highest BCUT2D eigenvalue weighted by Gasteiger charge is 2.42. The van der Waals surface area contributed by atoms with Gasteiger partial charge < -0.3 is 5.73 Å². The summed E-state index contributed by atoms with van der Waals surface area (Å²) in [6.07, 6.45) is -2.57. The molecule has 102 valence electrons. The zero-order chi connectivity index (χ0) is 13.5. The van der Waals surface area contributed by atoms with Crippen molar-refractivity contribution < 1.29 is 13.2 Å². The fourth-order valence-corrected chi connectivity index (χ4v) is 2.75. The van der Waals surface area contributed by atoms with Gasteiger partial charge in [-0.2, -0.15) is 18.3 Å². The molecule has 1 aromatic rings. The van der Waals surface area contributed by atoms with E-state index in [4.69, 9.17) is 5.73 Å². The number of aromatic nitrogens is 2. The van der Waals surface area contributed by atoms with Crippen LogP contribution in [0.25, 0.3) is 0 Å². The van der Waals surface area contributed by atoms with Gasteiger partial charge >= 0.3 is 6.18 Å². The molecule has 0 aliphatic heterocycles. The van der Waals surface area contributed by atoms with Crippen molar-refractivity contribution in [3.8, 4) is 0 Å². The molecular weight excluding hydrogens is 243 g/mol. The Hall–Kier alpha value is -1.20. The fourth-order valence-electron chi connectivity index (χ4n) is 2.75. The van der Waals surface area contributed by atoms with Crippen molar-refractivity contribution in [2.24, 2.45) is 13.0 Å². The van der Waals surface area contributed by atoms with Crippen molar-refractivity contribution in [3.05, 3.63) is 11.3 Å². The highest BCUT2D eigenvalue weighted by molar-refractivity contribution is 5.43. The first-order valence-corrected chi connectivity index (χ1v) is 6.16. The first-order valence-electron chi connectivity index (χ1n) is 6.16. The third kappa shape index (κ3) is 2.33. The fraction of sp³-hybridized carbons (Fsp3) is 0.750. The van der Waals surface area contributed by atoms with Crippen molar-refractivity contribution in [3.63, 3.8) is 0 Å². The van der Waals surface area contributed by atoms with E-state index >= 15 is 0 Å². The lowest BCUT2D eigenvalue weighted by molar-refractivity contribution is -0.182. The summed E-state index contributed by atoms with van der Waals surface area (Å²) in [4.78, 5) is 0. The number of halogens is 3. The number of anilines is 1. The van der Waals surface area contributed by atoms with Crippen molar-refractivity contribution in [1.82, 2.24) is 9.78 Å². The van der Waals surface area contributed by atoms with Gasteiger partial charge in [0.05, 0.1) is 11.6 Å². The van der Waals surface area contributed by atoms with Crippen molar-refractivity contribution in [2.45, 2.75) is 44.7 Å². The predicted molar refractivity (Wildman–Crippen MR) is 63.1 cm³/mol. The zero-order valence-corrected chi connectivity index (χ0v) is 10.6. The molecule has 2 N–H and O–H groups in total. The second kappa shape index (κ2) is 4.48. The highest BCUT2D eigenvalue weighted by Crippen LogP contribution is 2.43. The van der Waals surface area contributed by atoms with Gasteiger partial charge in [-0.05, 0) is 32.6 Å². The van der Waals surface area contributed by atoms with Crippen LogP contribution in [0.2, 0.25) is 0 Å². The van der Waals surface area contributed by atoms with Crippen LogP contribution in [0.4, 0.5) is 19.0 Å². The van der Waals surface area contributed by atoms with Crippen LogP contribution in [-0.4, -0.2) is 16.0 Å². The molecule has 1 aliphatic carbocycles. The second-order valence-corrected chi connectivity index (χ2v) is 5.11. The standard InChI is InChI=1S/C12H18F3N3/c1-7-10(17-18(2)11(7)16)8-3-5-9(6-4-8)12(13,14)15/h8-9H,3-6,16H2,1-2H3. The van der Waals surface area contributed by atoms with Gasteiger partial charge in [-0.3, -0.25) is 4.68 Å². The van der Waals surface area contributed by atoms with E-state index in [1.807, 2.05) is 6.92 Å². The summed E-state index contributed by atoms with van der Waals surface area (Å²) in [6, 6.07) is 0. The molecule has 1 saturated carbocycles. The summed E-state index contributed by atoms with van der Waals surface area (Å²) in [6.45, 7) is 1.88. The van der Waals surface area contributed by atoms with E-state index in [9.17, 15) is 13.2 Å². The Kier molecular flexibility index (Phi) is 3.29. The molecule has 0 spiro atoms. The van der Waals surface area contributed by atoms with Crippen LogP contribution in [-0.2, 0) is 7.05 Å². The molecule has 0 unspecified atom stereocenters. The van der Waals surface area contributed by atoms with Crippen LogP contribution >= 0.6 is 0 Å². The highest BCUT2D eigenvalue weighted by atomic mass is 19.4. The molecule has 0 aromatic carbocycles. The Bertz CT molecular complexity index is 429. The first-order chi connectivity index (χ1) is 8.30. The number of nitrogens with two attached hydrogens (primary N) is 1. The molecule has 0 saturated heterocycles. The van der Waals surface area contributed by atoms with Gasteiger partial charge in [-0.1, -0.05) is 0 Å². The number of hydrogen-bond donors (Lipinski definition) is 1. The molecule has 0 radical (unpaired) electrons. The molecule has 6 heteroatoms. The summed E-state index contributed by atoms with van der Waals surface area (Å²) in [5.41, 5.74) is 7.61. The minimum Gasteiger partial charge on any atom is -0.384 e. The van der Waals surface area contributed by atoms with E-state index in [1.165, 1.54) is 0 Å². The average molecular weight is 261 g/mol. The van der Waals surface area contributed by atoms with E-state index in [1.54, 1.807) is 11.7 Å². The number of alkyl halides is 3. The maximum Gasteiger partial charge on any atom is 0.391 e. The molecule has 1 aliphatic rings. The van der Waals surface area contributed by atoms with Gasteiger partial charge in [0.1, 0.15) is 5.82 Å². The van der Waals surface area contributed by atoms with Crippen LogP contribution in [0.15, 0.2) is 0 Å². The quantitative estimate of drug-likeness (QED) is 0.844. The van der Waals surface area contributed by atoms with Crippen molar-refractivity contribution >= 4 is 5.82 Å². The number of nitrogens with zero attached hydrogens (tertiary/aromatic N) is 2. The number of hydrogen-bond acceptors (Lipinski definition) is 2. The van der Waals surface area contributed by atoms with Gasteiger partial charge in [0.15, 0.2) is 0 Å². The predicted octanol–water partition coefficient (Wildman–Crippen LogP) is 3.15. The van der Waals surface area contributed by atoms with Crippen LogP contribution in [0.3, 0.4) is 0 Å². The summed E-state index contributed by atoms with van der Waals surface area (Å²) in [5, 5.41) is 4.33. The summed E-state index contributed by atoms with van der Waals surface area (Å²) >= 11 is 0. The number of nitrogen functional groups attached to an aromatic ring is 1. The van der Waals surface area contributed by atoms with Gasteiger partial charge in [0.2, 0.25) is 0 Å². The number of rotatable bonds is 1. The van der Waals surface area contributed by atoms with E-state index in [0.29, 0.717) is 18.7 Å². The Labute approximate surface area is 104 Å². The lowest BCUT2D eigenvalue weighted by atomic mass is 9.79. The smallest absolute Gasteiger partial charge is 0.384 e. The molecule has 1 fully saturated rings. The van der Waals surface area contributed by atoms with Crippen LogP contribution in [0, 0.1) is 12.8 Å². The maximum atomic E-state index is 12.6. The van der Waals surface area contributed by atoms with E-state index in [-0.39, 0.29) is 18.8 Å². The average Bonchev–Trinajstić information content (AvgIpc) is 2.56. The Balaban J connectivity index is 2.08. The van der Waals surface area contributed by atoms with Crippen LogP contribution in [0.1, 0.15) is 42.9 Å². The lowest BCUT2D eigenvalue weighted by Gasteiger charge is -2.29. The molecule has 1 heterocycles. The minimum atomic E-state index is -4.05. The normalized spacial score (nSPS) is 25.4. The van der Waals surface area contributed by atoms with Crippen molar-refractivity contribution in [2.75, 3.05) is 5.73 Å². The Morgan fingerprint density at radius 3 is 2.17 bits per heavy atom. The molecule has 1 aromatic heterocycles. The molecule has 18 heavy (non-hydrogen) atoms. The van der Waals surface area contributed by atoms with Gasteiger partial charge in [0.25, 0.3) is 0 Å². The van der Waals surface area contributed by atoms with Gasteiger partial charge in [-0.25, -0.2) is 0 Å². The third-order valence-electron chi connectivity index (χ3n) is 3.95. The monoisotopic (exact) mass is 261 g/mol. The molecule has 3 nitrogen and oxygen atoms in total. The van der Waals surface area contributed by atoms with E-state index in [2.05, 4.69) is 5.10 Å². The maximum absolute atomic E-state index is 12.6. The third-order valence-corrected chi connectivity index (χ3v) is 3.95. The van der Waals surface area contributed by atoms with Crippen LogP contribution in [0.5, 0.6) is 0 Å². The summed E-state index contributed by atoms with van der Waals surface area (Å²) in [5.74, 6) is -0.426. The number of aryl methyl sites for hydroxylation is 1. The summed E-state index contributed by atoms with van der Waals surface area (Å²) in [7, 11) is 1.76. The van der Waals surface area contributed by atoms with Gasteiger partial charge in [0, 0.05) is 18.5 Å². The summed E-state index contributed by atoms with van der Waals surface area (Å²) < 4.78 is 39.3. The SMILES string of the molecule is Cc1c(C2CCC(C(F)(F)F)CC2)nn(C)c1N. The molecule has 0 amide bonds. The molecule has 0 bridgehead atoms. The van der Waals surface area contributed by atoms with Gasteiger partial charge in [-0.15, -0.1) is 0 Å². The van der Waals surface area contributed by atoms with Crippen LogP contribution < -0.4 is 5.73 Å². The zero-order valence-electron chi connectivity index (χ0n) is 10.6. The Morgan fingerprint density at radius 2 is 1.78 bits per heavy atom. The topological polar surface area (TPSA) is 43.8 Å². The lowest BCUT2D eigenvalue weighted by Crippen LogP contribution is -2.27. The molecule has 2 rings (SSSR count). The Morgan fingerprint density at radius 1 is 1.22 bits per heavy atom. The second-order valence-electron chi connectivity index (χ2n) is 5.11. The minimum absolute atomic E-state index is 0.118.